The van der Waals surface area contributed by atoms with E-state index in [-0.39, 0.29) is 17.7 Å². The van der Waals surface area contributed by atoms with Crippen molar-refractivity contribution in [1.82, 2.24) is 5.32 Å². The van der Waals surface area contributed by atoms with Gasteiger partial charge in [0.25, 0.3) is 0 Å². The number of carbonyl (C=O) groups excluding carboxylic acids is 2. The standard InChI is InChI=1S/C30H35NO5S/c1-6-37-14-13-36-30(33)27-19(3)31-23-15-21(20-11-12-25(34-4)26(17-20)35-5)16-24(32)29(23)28(27)22-10-8-7-9-18(22)2/h7-12,17,21,28,31H,6,13-16H2,1-5H3/t21-,28-/m1/s1. The van der Waals surface area contributed by atoms with E-state index in [2.05, 4.69) is 12.2 Å². The summed E-state index contributed by atoms with van der Waals surface area (Å²) < 4.78 is 16.6. The Bertz CT molecular complexity index is 1250. The Morgan fingerprint density at radius 1 is 1.05 bits per heavy atom. The van der Waals surface area contributed by atoms with Gasteiger partial charge in [-0.1, -0.05) is 37.3 Å². The number of methoxy groups -OCH3 is 2. The normalized spacial score (nSPS) is 19.3. The number of benzene rings is 2. The van der Waals surface area contributed by atoms with Gasteiger partial charge < -0.3 is 19.5 Å². The zero-order valence-corrected chi connectivity index (χ0v) is 23.0. The molecule has 0 bridgehead atoms. The molecule has 7 heteroatoms. The summed E-state index contributed by atoms with van der Waals surface area (Å²) in [5.74, 6) is 2.23. The van der Waals surface area contributed by atoms with Crippen molar-refractivity contribution in [3.8, 4) is 11.5 Å². The predicted molar refractivity (Wildman–Crippen MR) is 147 cm³/mol. The lowest BCUT2D eigenvalue weighted by atomic mass is 9.71. The van der Waals surface area contributed by atoms with Crippen LogP contribution in [0.15, 0.2) is 65.0 Å². The van der Waals surface area contributed by atoms with Crippen molar-refractivity contribution in [3.05, 3.63) is 81.7 Å². The van der Waals surface area contributed by atoms with Crippen LogP contribution in [0, 0.1) is 6.92 Å². The number of Topliss-reactive ketones (excluding diaryl/α,β-unsaturated/α-hetero) is 1. The van der Waals surface area contributed by atoms with E-state index in [0.29, 0.717) is 42.1 Å². The number of aryl methyl sites for hydroxylation is 1. The maximum atomic E-state index is 13.8. The molecule has 6 nitrogen and oxygen atoms in total. The van der Waals surface area contributed by atoms with Crippen LogP contribution in [0.3, 0.4) is 0 Å². The van der Waals surface area contributed by atoms with E-state index in [9.17, 15) is 9.59 Å². The molecule has 1 N–H and O–H groups in total. The summed E-state index contributed by atoms with van der Waals surface area (Å²) >= 11 is 1.73. The molecule has 1 aliphatic carbocycles. The Morgan fingerprint density at radius 2 is 1.81 bits per heavy atom. The average Bonchev–Trinajstić information content (AvgIpc) is 2.90. The highest BCUT2D eigenvalue weighted by atomic mass is 32.2. The lowest BCUT2D eigenvalue weighted by Crippen LogP contribution is -2.36. The molecule has 0 fully saturated rings. The van der Waals surface area contributed by atoms with Gasteiger partial charge >= 0.3 is 5.97 Å². The smallest absolute Gasteiger partial charge is 0.336 e. The zero-order chi connectivity index (χ0) is 26.5. The third kappa shape index (κ3) is 5.57. The van der Waals surface area contributed by atoms with Gasteiger partial charge in [-0.15, -0.1) is 0 Å². The van der Waals surface area contributed by atoms with Gasteiger partial charge in [-0.25, -0.2) is 4.79 Å². The highest BCUT2D eigenvalue weighted by molar-refractivity contribution is 7.99. The van der Waals surface area contributed by atoms with Crippen LogP contribution in [0.1, 0.15) is 55.2 Å². The molecule has 0 saturated carbocycles. The van der Waals surface area contributed by atoms with Crippen LogP contribution >= 0.6 is 11.8 Å². The lowest BCUT2D eigenvalue weighted by molar-refractivity contribution is -0.138. The fraction of sp³-hybridized carbons (Fsp3) is 0.400. The van der Waals surface area contributed by atoms with Gasteiger partial charge in [0.2, 0.25) is 0 Å². The Kier molecular flexibility index (Phi) is 8.64. The van der Waals surface area contributed by atoms with Crippen molar-refractivity contribution in [3.63, 3.8) is 0 Å². The fourth-order valence-corrected chi connectivity index (χ4v) is 5.78. The molecular formula is C30H35NO5S. The van der Waals surface area contributed by atoms with Crippen LogP contribution in [0.25, 0.3) is 0 Å². The van der Waals surface area contributed by atoms with Gasteiger partial charge in [-0.05, 0) is 60.8 Å². The Labute approximate surface area is 223 Å². The molecule has 37 heavy (non-hydrogen) atoms. The van der Waals surface area contributed by atoms with Crippen molar-refractivity contribution in [2.75, 3.05) is 32.3 Å². The molecule has 1 aliphatic heterocycles. The third-order valence-corrected chi connectivity index (χ3v) is 7.95. The van der Waals surface area contributed by atoms with Crippen molar-refractivity contribution in [2.45, 2.75) is 45.4 Å². The van der Waals surface area contributed by atoms with Gasteiger partial charge in [0.05, 0.1) is 19.8 Å². The largest absolute Gasteiger partial charge is 0.493 e. The van der Waals surface area contributed by atoms with Crippen molar-refractivity contribution in [1.29, 1.82) is 0 Å². The summed E-state index contributed by atoms with van der Waals surface area (Å²) in [7, 11) is 3.22. The van der Waals surface area contributed by atoms with E-state index >= 15 is 0 Å². The van der Waals surface area contributed by atoms with Gasteiger partial charge in [-0.2, -0.15) is 11.8 Å². The highest BCUT2D eigenvalue weighted by Gasteiger charge is 2.42. The molecule has 0 amide bonds. The van der Waals surface area contributed by atoms with E-state index in [0.717, 1.165) is 39.6 Å². The first kappa shape index (κ1) is 26.9. The van der Waals surface area contributed by atoms with Crippen LogP contribution in [0.2, 0.25) is 0 Å². The van der Waals surface area contributed by atoms with E-state index in [1.807, 2.05) is 56.3 Å². The first-order valence-corrected chi connectivity index (χ1v) is 13.8. The number of carbonyl (C=O) groups is 2. The molecule has 0 radical (unpaired) electrons. The van der Waals surface area contributed by atoms with Crippen molar-refractivity contribution < 1.29 is 23.8 Å². The first-order valence-electron chi connectivity index (χ1n) is 12.7. The molecule has 0 spiro atoms. The number of hydrogen-bond donors (Lipinski definition) is 1. The fourth-order valence-electron chi connectivity index (χ4n) is 5.29. The quantitative estimate of drug-likeness (QED) is 0.337. The van der Waals surface area contributed by atoms with Crippen LogP contribution < -0.4 is 14.8 Å². The second-order valence-corrected chi connectivity index (χ2v) is 10.7. The van der Waals surface area contributed by atoms with E-state index in [1.54, 1.807) is 26.0 Å². The number of ketones is 1. The monoisotopic (exact) mass is 521 g/mol. The number of nitrogens with one attached hydrogen (secondary N) is 1. The topological polar surface area (TPSA) is 73.9 Å². The minimum Gasteiger partial charge on any atom is -0.493 e. The molecule has 2 aromatic rings. The number of thioether (sulfide) groups is 1. The van der Waals surface area contributed by atoms with Crippen molar-refractivity contribution >= 4 is 23.5 Å². The average molecular weight is 522 g/mol. The van der Waals surface area contributed by atoms with E-state index in [4.69, 9.17) is 14.2 Å². The molecule has 1 heterocycles. The number of allylic oxidation sites excluding steroid dienone is 3. The minimum absolute atomic E-state index is 0.0107. The van der Waals surface area contributed by atoms with Gasteiger partial charge in [0, 0.05) is 35.1 Å². The molecule has 196 valence electrons. The van der Waals surface area contributed by atoms with E-state index < -0.39 is 5.92 Å². The van der Waals surface area contributed by atoms with Crippen LogP contribution in [-0.2, 0) is 14.3 Å². The van der Waals surface area contributed by atoms with Crippen molar-refractivity contribution in [2.24, 2.45) is 0 Å². The Morgan fingerprint density at radius 3 is 2.51 bits per heavy atom. The SMILES string of the molecule is CCSCCOC(=O)C1=C(C)NC2=C(C(=O)C[C@H](c3ccc(OC)c(OC)c3)C2)[C@@H]1c1ccccc1C. The number of esters is 1. The minimum atomic E-state index is -0.456. The van der Waals surface area contributed by atoms with Gasteiger partial charge in [0.15, 0.2) is 17.3 Å². The summed E-state index contributed by atoms with van der Waals surface area (Å²) in [5.41, 5.74) is 5.83. The highest BCUT2D eigenvalue weighted by Crippen LogP contribution is 2.47. The summed E-state index contributed by atoms with van der Waals surface area (Å²) in [6, 6.07) is 13.8. The molecule has 2 atom stereocenters. The number of hydrogen-bond acceptors (Lipinski definition) is 7. The Balaban J connectivity index is 1.72. The maximum absolute atomic E-state index is 13.8. The number of dihydropyridines is 1. The van der Waals surface area contributed by atoms with Crippen LogP contribution in [0.5, 0.6) is 11.5 Å². The Hall–Kier alpha value is -3.19. The maximum Gasteiger partial charge on any atom is 0.336 e. The summed E-state index contributed by atoms with van der Waals surface area (Å²) in [6.45, 7) is 6.34. The zero-order valence-electron chi connectivity index (χ0n) is 22.2. The molecule has 2 aliphatic rings. The summed E-state index contributed by atoms with van der Waals surface area (Å²) in [4.78, 5) is 27.2. The third-order valence-electron chi connectivity index (χ3n) is 7.09. The molecule has 0 unspecified atom stereocenters. The van der Waals surface area contributed by atoms with Gasteiger partial charge in [0.1, 0.15) is 6.61 Å². The molecule has 2 aromatic carbocycles. The molecule has 0 aromatic heterocycles. The molecule has 0 saturated heterocycles. The first-order chi connectivity index (χ1) is 17.9. The number of rotatable bonds is 9. The summed E-state index contributed by atoms with van der Waals surface area (Å²) in [6.07, 6.45) is 1.01. The second-order valence-electron chi connectivity index (χ2n) is 9.32. The lowest BCUT2D eigenvalue weighted by Gasteiger charge is -2.37. The molecular weight excluding hydrogens is 486 g/mol. The summed E-state index contributed by atoms with van der Waals surface area (Å²) in [5, 5.41) is 3.43. The number of ether oxygens (including phenoxy) is 3. The predicted octanol–water partition coefficient (Wildman–Crippen LogP) is 5.67. The second kappa shape index (κ2) is 11.9. The van der Waals surface area contributed by atoms with Gasteiger partial charge in [-0.3, -0.25) is 4.79 Å². The van der Waals surface area contributed by atoms with Crippen LogP contribution in [-0.4, -0.2) is 44.1 Å². The van der Waals surface area contributed by atoms with E-state index in [1.165, 1.54) is 0 Å². The van der Waals surface area contributed by atoms with Crippen LogP contribution in [0.4, 0.5) is 0 Å². The molecule has 4 rings (SSSR count).